The number of hydrogen-bond donors (Lipinski definition) is 6. The molecule has 240 valence electrons. The average Bonchev–Trinajstić information content (AvgIpc) is 2.78. The van der Waals surface area contributed by atoms with E-state index in [2.05, 4.69) is 0 Å². The number of carbonyl (C=O) groups is 2. The van der Waals surface area contributed by atoms with E-state index >= 15 is 0 Å². The molecule has 43 heavy (non-hydrogen) atoms. The highest BCUT2D eigenvalue weighted by atomic mass is 16.3. The molecule has 0 fully saturated rings. The van der Waals surface area contributed by atoms with E-state index in [4.69, 9.17) is 22.9 Å². The Bertz CT molecular complexity index is 1190. The molecule has 0 bridgehead atoms. The van der Waals surface area contributed by atoms with Gasteiger partial charge in [-0.15, -0.1) is 0 Å². The Morgan fingerprint density at radius 2 is 0.767 bits per heavy atom. The zero-order valence-corrected chi connectivity index (χ0v) is 28.4. The molecular formula is C35H56N4O4. The summed E-state index contributed by atoms with van der Waals surface area (Å²) in [6.07, 6.45) is -0.396. The molecule has 0 radical (unpaired) electrons. The molecule has 0 aliphatic rings. The predicted octanol–water partition coefficient (Wildman–Crippen LogP) is 5.52. The molecule has 10 N–H and O–H groups in total. The maximum atomic E-state index is 12.6. The Kier molecular flexibility index (Phi) is 9.88. The molecule has 0 aliphatic heterocycles. The van der Waals surface area contributed by atoms with Gasteiger partial charge in [0, 0.05) is 24.7 Å². The molecule has 2 aromatic rings. The van der Waals surface area contributed by atoms with E-state index in [9.17, 15) is 19.8 Å². The van der Waals surface area contributed by atoms with Crippen LogP contribution >= 0.6 is 0 Å². The summed E-state index contributed by atoms with van der Waals surface area (Å²) in [5.74, 6) is -2.55. The van der Waals surface area contributed by atoms with Crippen LogP contribution in [0.15, 0.2) is 24.3 Å². The number of primary amides is 2. The van der Waals surface area contributed by atoms with Crippen LogP contribution in [0, 0.1) is 0 Å². The predicted molar refractivity (Wildman–Crippen MR) is 175 cm³/mol. The Morgan fingerprint density at radius 3 is 0.930 bits per heavy atom. The van der Waals surface area contributed by atoms with E-state index in [1.54, 1.807) is 0 Å². The number of amides is 2. The van der Waals surface area contributed by atoms with Gasteiger partial charge in [0.1, 0.15) is 11.5 Å². The second kappa shape index (κ2) is 11.8. The third kappa shape index (κ3) is 8.09. The summed E-state index contributed by atoms with van der Waals surface area (Å²) in [7, 11) is 0. The number of phenols is 2. The van der Waals surface area contributed by atoms with Crippen molar-refractivity contribution in [3.05, 3.63) is 57.6 Å². The lowest BCUT2D eigenvalue weighted by molar-refractivity contribution is -0.118. The van der Waals surface area contributed by atoms with Gasteiger partial charge in [0.2, 0.25) is 11.8 Å². The van der Waals surface area contributed by atoms with Crippen LogP contribution in [0.4, 0.5) is 0 Å². The van der Waals surface area contributed by atoms with Crippen molar-refractivity contribution in [2.24, 2.45) is 22.9 Å². The first kappa shape index (κ1) is 36.1. The minimum atomic E-state index is -1.70. The molecule has 2 amide bonds. The van der Waals surface area contributed by atoms with E-state index in [0.29, 0.717) is 33.4 Å². The fraction of sp³-hybridized carbons (Fsp3) is 0.600. The fourth-order valence-electron chi connectivity index (χ4n) is 5.81. The van der Waals surface area contributed by atoms with Crippen molar-refractivity contribution >= 4 is 11.8 Å². The van der Waals surface area contributed by atoms with E-state index in [1.165, 1.54) is 0 Å². The lowest BCUT2D eigenvalue weighted by Crippen LogP contribution is -2.60. The van der Waals surface area contributed by atoms with Gasteiger partial charge in [-0.3, -0.25) is 9.59 Å². The summed E-state index contributed by atoms with van der Waals surface area (Å²) in [5.41, 5.74) is 26.3. The van der Waals surface area contributed by atoms with Crippen LogP contribution in [-0.2, 0) is 31.2 Å². The van der Waals surface area contributed by atoms with Crippen molar-refractivity contribution in [2.75, 3.05) is 0 Å². The van der Waals surface area contributed by atoms with Crippen molar-refractivity contribution in [1.82, 2.24) is 0 Å². The van der Waals surface area contributed by atoms with E-state index in [1.807, 2.05) is 107 Å². The van der Waals surface area contributed by atoms with E-state index < -0.39 is 51.0 Å². The monoisotopic (exact) mass is 596 g/mol. The summed E-state index contributed by atoms with van der Waals surface area (Å²) in [6.45, 7) is 23.9. The molecule has 0 spiro atoms. The molecule has 2 aromatic carbocycles. The average molecular weight is 597 g/mol. The third-order valence-corrected chi connectivity index (χ3v) is 8.32. The van der Waals surface area contributed by atoms with Crippen molar-refractivity contribution in [2.45, 2.75) is 135 Å². The van der Waals surface area contributed by atoms with Crippen LogP contribution in [-0.4, -0.2) is 27.7 Å². The highest BCUT2D eigenvalue weighted by molar-refractivity contribution is 5.77. The summed E-state index contributed by atoms with van der Waals surface area (Å²) >= 11 is 0. The maximum Gasteiger partial charge on any atom is 0.218 e. The van der Waals surface area contributed by atoms with Gasteiger partial charge in [-0.25, -0.2) is 0 Å². The number of rotatable bonds is 8. The zero-order valence-electron chi connectivity index (χ0n) is 28.4. The topological polar surface area (TPSA) is 179 Å². The largest absolute Gasteiger partial charge is 0.507 e. The Balaban J connectivity index is 3.04. The second-order valence-corrected chi connectivity index (χ2v) is 16.4. The first-order valence-electron chi connectivity index (χ1n) is 15.0. The minimum absolute atomic E-state index is 0.179. The maximum absolute atomic E-state index is 12.6. The minimum Gasteiger partial charge on any atom is -0.507 e. The van der Waals surface area contributed by atoms with Gasteiger partial charge in [-0.1, -0.05) is 107 Å². The van der Waals surface area contributed by atoms with Crippen molar-refractivity contribution in [3.63, 3.8) is 0 Å². The number of carbonyl (C=O) groups excluding carboxylic acids is 2. The standard InChI is InChI=1S/C35H56N4O4/c1-31(2,3)23-13-19(14-24(29(23)42)32(4,5)6)21(17-27(36)40)35(38,39)22(18-28(37)41)20-15-25(33(7,8)9)30(43)26(16-20)34(10,11)12/h13-16,21-22,42-43H,17-18,38-39H2,1-12H3,(H2,36,40)(H2,37,41). The first-order valence-corrected chi connectivity index (χ1v) is 15.0. The molecule has 2 atom stereocenters. The molecule has 2 rings (SSSR count). The molecule has 0 heterocycles. The van der Waals surface area contributed by atoms with E-state index in [0.717, 1.165) is 0 Å². The molecule has 0 aliphatic carbocycles. The van der Waals surface area contributed by atoms with E-state index in [-0.39, 0.29) is 24.3 Å². The van der Waals surface area contributed by atoms with Crippen LogP contribution in [0.1, 0.15) is 141 Å². The molecule has 0 saturated carbocycles. The Hall–Kier alpha value is -3.10. The number of nitrogens with two attached hydrogens (primary N) is 4. The number of aromatic hydroxyl groups is 2. The Morgan fingerprint density at radius 1 is 0.558 bits per heavy atom. The van der Waals surface area contributed by atoms with Gasteiger partial charge in [0.15, 0.2) is 0 Å². The highest BCUT2D eigenvalue weighted by Gasteiger charge is 2.44. The first-order chi connectivity index (χ1) is 19.1. The highest BCUT2D eigenvalue weighted by Crippen LogP contribution is 2.47. The second-order valence-electron chi connectivity index (χ2n) is 16.4. The van der Waals surface area contributed by atoms with Gasteiger partial charge in [0.25, 0.3) is 0 Å². The molecule has 8 heteroatoms. The van der Waals surface area contributed by atoms with Crippen molar-refractivity contribution < 1.29 is 19.8 Å². The van der Waals surface area contributed by atoms with Gasteiger partial charge < -0.3 is 33.1 Å². The lowest BCUT2D eigenvalue weighted by atomic mass is 9.68. The number of hydrogen-bond acceptors (Lipinski definition) is 6. The molecular weight excluding hydrogens is 540 g/mol. The zero-order chi connectivity index (χ0) is 33.7. The molecule has 0 aromatic heterocycles. The van der Waals surface area contributed by atoms with Crippen LogP contribution in [0.3, 0.4) is 0 Å². The van der Waals surface area contributed by atoms with Crippen LogP contribution < -0.4 is 22.9 Å². The summed E-state index contributed by atoms with van der Waals surface area (Å²) in [5, 5.41) is 22.7. The van der Waals surface area contributed by atoms with Gasteiger partial charge in [0.05, 0.1) is 5.66 Å². The van der Waals surface area contributed by atoms with Gasteiger partial charge in [-0.2, -0.15) is 0 Å². The summed E-state index contributed by atoms with van der Waals surface area (Å²) < 4.78 is 0. The normalized spacial score (nSPS) is 14.8. The van der Waals surface area contributed by atoms with Crippen molar-refractivity contribution in [1.29, 1.82) is 0 Å². The molecule has 0 saturated heterocycles. The van der Waals surface area contributed by atoms with Crippen LogP contribution in [0.25, 0.3) is 0 Å². The summed E-state index contributed by atoms with van der Waals surface area (Å²) in [4.78, 5) is 25.2. The fourth-order valence-corrected chi connectivity index (χ4v) is 5.81. The summed E-state index contributed by atoms with van der Waals surface area (Å²) in [6, 6.07) is 7.36. The quantitative estimate of drug-likeness (QED) is 0.218. The Labute approximate surface area is 258 Å². The van der Waals surface area contributed by atoms with Crippen LogP contribution in [0.2, 0.25) is 0 Å². The third-order valence-electron chi connectivity index (χ3n) is 8.32. The van der Waals surface area contributed by atoms with Crippen molar-refractivity contribution in [3.8, 4) is 11.5 Å². The SMILES string of the molecule is CC(C)(C)c1cc(C(CC(N)=O)C(N)(N)C(CC(N)=O)c2cc(C(C)(C)C)c(O)c(C(C)(C)C)c2)cc(C(C)(C)C)c1O. The van der Waals surface area contributed by atoms with Gasteiger partial charge >= 0.3 is 0 Å². The number of benzene rings is 2. The molecule has 8 nitrogen and oxygen atoms in total. The van der Waals surface area contributed by atoms with Gasteiger partial charge in [-0.05, 0) is 55.0 Å². The lowest BCUT2D eigenvalue weighted by Gasteiger charge is -2.42. The number of phenolic OH excluding ortho intramolecular Hbond substituents is 2. The molecule has 2 unspecified atom stereocenters. The smallest absolute Gasteiger partial charge is 0.218 e. The van der Waals surface area contributed by atoms with Crippen LogP contribution in [0.5, 0.6) is 11.5 Å².